The number of amides is 1. The van der Waals surface area contributed by atoms with E-state index in [0.29, 0.717) is 11.6 Å². The lowest BCUT2D eigenvalue weighted by atomic mass is 10.1. The SMILES string of the molecule is Cc1ccc(-c2nnc([C@H](C)OC(=O)CNC(=O)COc3ccccc3)o2)cc1. The van der Waals surface area contributed by atoms with Crippen molar-refractivity contribution < 1.29 is 23.5 Å². The maximum absolute atomic E-state index is 12.0. The molecule has 0 saturated carbocycles. The molecule has 150 valence electrons. The van der Waals surface area contributed by atoms with Crippen LogP contribution in [0, 0.1) is 6.92 Å². The Labute approximate surface area is 167 Å². The van der Waals surface area contributed by atoms with E-state index in [9.17, 15) is 9.59 Å². The van der Waals surface area contributed by atoms with Gasteiger partial charge in [-0.1, -0.05) is 35.9 Å². The van der Waals surface area contributed by atoms with Crippen LogP contribution in [-0.2, 0) is 14.3 Å². The third kappa shape index (κ3) is 5.90. The summed E-state index contributed by atoms with van der Waals surface area (Å²) in [5, 5.41) is 10.3. The number of aryl methyl sites for hydroxylation is 1. The summed E-state index contributed by atoms with van der Waals surface area (Å²) in [5.41, 5.74) is 1.89. The second-order valence-electron chi connectivity index (χ2n) is 6.32. The van der Waals surface area contributed by atoms with Crippen molar-refractivity contribution in [3.05, 3.63) is 66.1 Å². The number of rotatable bonds is 8. The van der Waals surface area contributed by atoms with Crippen LogP contribution in [0.15, 0.2) is 59.0 Å². The Kier molecular flexibility index (Phi) is 6.57. The molecule has 0 aliphatic carbocycles. The van der Waals surface area contributed by atoms with Gasteiger partial charge in [0.25, 0.3) is 11.8 Å². The number of aromatic nitrogens is 2. The number of para-hydroxylation sites is 1. The molecule has 1 atom stereocenters. The minimum Gasteiger partial charge on any atom is -0.484 e. The largest absolute Gasteiger partial charge is 0.484 e. The van der Waals surface area contributed by atoms with Crippen LogP contribution in [0.25, 0.3) is 11.5 Å². The fraction of sp³-hybridized carbons (Fsp3) is 0.238. The van der Waals surface area contributed by atoms with Gasteiger partial charge in [-0.05, 0) is 38.1 Å². The molecule has 0 aliphatic heterocycles. The number of esters is 1. The lowest BCUT2D eigenvalue weighted by molar-refractivity contribution is -0.149. The zero-order valence-electron chi connectivity index (χ0n) is 16.1. The summed E-state index contributed by atoms with van der Waals surface area (Å²) in [6.45, 7) is 3.11. The van der Waals surface area contributed by atoms with Gasteiger partial charge in [0.1, 0.15) is 12.3 Å². The number of nitrogens with zero attached hydrogens (tertiary/aromatic N) is 2. The number of benzene rings is 2. The molecule has 8 nitrogen and oxygen atoms in total. The van der Waals surface area contributed by atoms with E-state index in [2.05, 4.69) is 15.5 Å². The normalized spacial score (nSPS) is 11.5. The molecule has 0 aliphatic rings. The first kappa shape index (κ1) is 20.1. The maximum Gasteiger partial charge on any atom is 0.326 e. The van der Waals surface area contributed by atoms with E-state index in [1.807, 2.05) is 37.3 Å². The van der Waals surface area contributed by atoms with Gasteiger partial charge >= 0.3 is 5.97 Å². The average Bonchev–Trinajstić information content (AvgIpc) is 3.22. The zero-order valence-corrected chi connectivity index (χ0v) is 16.1. The third-order valence-electron chi connectivity index (χ3n) is 3.94. The predicted molar refractivity (Wildman–Crippen MR) is 104 cm³/mol. The molecule has 1 N–H and O–H groups in total. The van der Waals surface area contributed by atoms with Crippen LogP contribution < -0.4 is 10.1 Å². The molecule has 1 heterocycles. The minimum absolute atomic E-state index is 0.174. The van der Waals surface area contributed by atoms with Crippen molar-refractivity contribution in [1.82, 2.24) is 15.5 Å². The van der Waals surface area contributed by atoms with Crippen LogP contribution in [0.5, 0.6) is 5.75 Å². The number of carbonyl (C=O) groups is 2. The van der Waals surface area contributed by atoms with Crippen molar-refractivity contribution in [3.8, 4) is 17.2 Å². The topological polar surface area (TPSA) is 104 Å². The Balaban J connectivity index is 1.44. The van der Waals surface area contributed by atoms with Gasteiger partial charge in [0.15, 0.2) is 12.7 Å². The van der Waals surface area contributed by atoms with Crippen molar-refractivity contribution in [3.63, 3.8) is 0 Å². The smallest absolute Gasteiger partial charge is 0.326 e. The second kappa shape index (κ2) is 9.50. The van der Waals surface area contributed by atoms with E-state index in [1.165, 1.54) is 0 Å². The number of hydrogen-bond donors (Lipinski definition) is 1. The number of hydrogen-bond acceptors (Lipinski definition) is 7. The summed E-state index contributed by atoms with van der Waals surface area (Å²) < 4.78 is 16.1. The molecule has 29 heavy (non-hydrogen) atoms. The molecular formula is C21H21N3O5. The van der Waals surface area contributed by atoms with E-state index in [0.717, 1.165) is 11.1 Å². The molecule has 0 spiro atoms. The van der Waals surface area contributed by atoms with E-state index in [1.54, 1.807) is 31.2 Å². The molecule has 8 heteroatoms. The molecule has 3 aromatic rings. The highest BCUT2D eigenvalue weighted by Crippen LogP contribution is 2.22. The predicted octanol–water partition coefficient (Wildman–Crippen LogP) is 2.84. The zero-order chi connectivity index (χ0) is 20.6. The summed E-state index contributed by atoms with van der Waals surface area (Å²) in [6, 6.07) is 16.5. The second-order valence-corrected chi connectivity index (χ2v) is 6.32. The lowest BCUT2D eigenvalue weighted by Gasteiger charge is -2.10. The first-order chi connectivity index (χ1) is 14.0. The van der Waals surface area contributed by atoms with Crippen molar-refractivity contribution in [2.45, 2.75) is 20.0 Å². The van der Waals surface area contributed by atoms with Gasteiger partial charge in [0, 0.05) is 5.56 Å². The van der Waals surface area contributed by atoms with Crippen LogP contribution in [0.3, 0.4) is 0 Å². The van der Waals surface area contributed by atoms with Gasteiger partial charge < -0.3 is 19.2 Å². The molecule has 3 rings (SSSR count). The quantitative estimate of drug-likeness (QED) is 0.585. The highest BCUT2D eigenvalue weighted by atomic mass is 16.6. The van der Waals surface area contributed by atoms with Gasteiger partial charge in [-0.2, -0.15) is 0 Å². The van der Waals surface area contributed by atoms with E-state index in [-0.39, 0.29) is 19.0 Å². The molecular weight excluding hydrogens is 374 g/mol. The third-order valence-corrected chi connectivity index (χ3v) is 3.94. The average molecular weight is 395 g/mol. The van der Waals surface area contributed by atoms with Gasteiger partial charge in [-0.15, -0.1) is 10.2 Å². The van der Waals surface area contributed by atoms with Crippen LogP contribution >= 0.6 is 0 Å². The number of carbonyl (C=O) groups excluding carboxylic acids is 2. The first-order valence-electron chi connectivity index (χ1n) is 9.06. The molecule has 1 aromatic heterocycles. The standard InChI is InChI=1S/C21H21N3O5/c1-14-8-10-16(11-9-14)21-24-23-20(29-21)15(2)28-19(26)12-22-18(25)13-27-17-6-4-3-5-7-17/h3-11,15H,12-13H2,1-2H3,(H,22,25)/t15-/m0/s1. The summed E-state index contributed by atoms with van der Waals surface area (Å²) >= 11 is 0. The molecule has 0 fully saturated rings. The van der Waals surface area contributed by atoms with E-state index < -0.39 is 18.0 Å². The number of nitrogens with one attached hydrogen (secondary N) is 1. The fourth-order valence-corrected chi connectivity index (χ4v) is 2.39. The molecule has 2 aromatic carbocycles. The van der Waals surface area contributed by atoms with Gasteiger partial charge in [-0.3, -0.25) is 9.59 Å². The van der Waals surface area contributed by atoms with Crippen LogP contribution in [-0.4, -0.2) is 35.2 Å². The van der Waals surface area contributed by atoms with E-state index in [4.69, 9.17) is 13.9 Å². The Hall–Kier alpha value is -3.68. The monoisotopic (exact) mass is 395 g/mol. The molecule has 1 amide bonds. The van der Waals surface area contributed by atoms with Crippen LogP contribution in [0.4, 0.5) is 0 Å². The first-order valence-corrected chi connectivity index (χ1v) is 9.06. The Morgan fingerprint density at radius 3 is 2.52 bits per heavy atom. The molecule has 0 unspecified atom stereocenters. The molecule has 0 bridgehead atoms. The van der Waals surface area contributed by atoms with Crippen molar-refractivity contribution in [2.24, 2.45) is 0 Å². The van der Waals surface area contributed by atoms with Gasteiger partial charge in [0.2, 0.25) is 5.89 Å². The lowest BCUT2D eigenvalue weighted by Crippen LogP contribution is -2.34. The van der Waals surface area contributed by atoms with Crippen LogP contribution in [0.2, 0.25) is 0 Å². The maximum atomic E-state index is 12.0. The molecule has 0 saturated heterocycles. The summed E-state index contributed by atoms with van der Waals surface area (Å²) in [4.78, 5) is 23.7. The Morgan fingerprint density at radius 1 is 1.07 bits per heavy atom. The Morgan fingerprint density at radius 2 is 1.79 bits per heavy atom. The van der Waals surface area contributed by atoms with Gasteiger partial charge in [-0.25, -0.2) is 0 Å². The fourth-order valence-electron chi connectivity index (χ4n) is 2.39. The van der Waals surface area contributed by atoms with Crippen molar-refractivity contribution in [2.75, 3.05) is 13.2 Å². The summed E-state index contributed by atoms with van der Waals surface area (Å²) in [6.07, 6.45) is -0.744. The van der Waals surface area contributed by atoms with Crippen molar-refractivity contribution >= 4 is 11.9 Å². The highest BCUT2D eigenvalue weighted by Gasteiger charge is 2.19. The minimum atomic E-state index is -0.744. The Bertz CT molecular complexity index is 954. The van der Waals surface area contributed by atoms with Crippen LogP contribution in [0.1, 0.15) is 24.5 Å². The summed E-state index contributed by atoms with van der Waals surface area (Å²) in [7, 11) is 0. The molecule has 0 radical (unpaired) electrons. The van der Waals surface area contributed by atoms with Crippen molar-refractivity contribution in [1.29, 1.82) is 0 Å². The highest BCUT2D eigenvalue weighted by molar-refractivity contribution is 5.82. The van der Waals surface area contributed by atoms with E-state index >= 15 is 0 Å². The number of ether oxygens (including phenoxy) is 2. The van der Waals surface area contributed by atoms with Gasteiger partial charge in [0.05, 0.1) is 0 Å². The summed E-state index contributed by atoms with van der Waals surface area (Å²) in [5.74, 6) is 0.0279.